The molecule has 3 heteroatoms. The van der Waals surface area contributed by atoms with E-state index in [2.05, 4.69) is 23.2 Å². The molecule has 1 aromatic heterocycles. The standard InChI is InChI=1S/C16H16N2O/c1-10-17-14-7-3-5-12(14)15(18-10)13-6-2-4-11-8-9-19-16(11)13/h2,4,6H,3,5,7-9H2,1H3. The summed E-state index contributed by atoms with van der Waals surface area (Å²) in [4.78, 5) is 9.28. The Morgan fingerprint density at radius 1 is 1.11 bits per heavy atom. The largest absolute Gasteiger partial charge is 0.492 e. The van der Waals surface area contributed by atoms with E-state index in [9.17, 15) is 0 Å². The molecule has 0 N–H and O–H groups in total. The summed E-state index contributed by atoms with van der Waals surface area (Å²) in [6.07, 6.45) is 4.38. The molecule has 1 aliphatic heterocycles. The van der Waals surface area contributed by atoms with Gasteiger partial charge in [0.1, 0.15) is 11.6 Å². The van der Waals surface area contributed by atoms with E-state index in [1.165, 1.54) is 23.2 Å². The van der Waals surface area contributed by atoms with Crippen LogP contribution in [0.25, 0.3) is 11.3 Å². The summed E-state index contributed by atoms with van der Waals surface area (Å²) >= 11 is 0. The van der Waals surface area contributed by atoms with E-state index < -0.39 is 0 Å². The fourth-order valence-corrected chi connectivity index (χ4v) is 3.18. The quantitative estimate of drug-likeness (QED) is 0.782. The predicted molar refractivity (Wildman–Crippen MR) is 73.4 cm³/mol. The number of fused-ring (bicyclic) bond motifs is 2. The van der Waals surface area contributed by atoms with E-state index in [0.29, 0.717) is 0 Å². The van der Waals surface area contributed by atoms with Gasteiger partial charge < -0.3 is 4.74 Å². The molecule has 0 saturated carbocycles. The number of hydrogen-bond donors (Lipinski definition) is 0. The molecule has 0 fully saturated rings. The molecule has 2 aromatic rings. The smallest absolute Gasteiger partial charge is 0.132 e. The van der Waals surface area contributed by atoms with E-state index >= 15 is 0 Å². The lowest BCUT2D eigenvalue weighted by molar-refractivity contribution is 0.358. The predicted octanol–water partition coefficient (Wildman–Crippen LogP) is 2.88. The second-order valence-electron chi connectivity index (χ2n) is 5.29. The molecular weight excluding hydrogens is 236 g/mol. The Bertz CT molecular complexity index is 664. The maximum Gasteiger partial charge on any atom is 0.132 e. The van der Waals surface area contributed by atoms with Crippen LogP contribution in [0, 0.1) is 6.92 Å². The monoisotopic (exact) mass is 252 g/mol. The van der Waals surface area contributed by atoms with E-state index in [1.54, 1.807) is 0 Å². The average Bonchev–Trinajstić information content (AvgIpc) is 3.04. The summed E-state index contributed by atoms with van der Waals surface area (Å²) in [5, 5.41) is 0. The average molecular weight is 252 g/mol. The van der Waals surface area contributed by atoms with Crippen molar-refractivity contribution in [3.05, 3.63) is 40.8 Å². The van der Waals surface area contributed by atoms with Gasteiger partial charge in [-0.05, 0) is 37.8 Å². The Kier molecular flexibility index (Phi) is 2.34. The lowest BCUT2D eigenvalue weighted by atomic mass is 10.0. The van der Waals surface area contributed by atoms with E-state index in [4.69, 9.17) is 9.72 Å². The van der Waals surface area contributed by atoms with Crippen LogP contribution in [0.5, 0.6) is 5.75 Å². The van der Waals surface area contributed by atoms with Crippen LogP contribution in [0.15, 0.2) is 18.2 Å². The second-order valence-corrected chi connectivity index (χ2v) is 5.29. The Morgan fingerprint density at radius 2 is 2.05 bits per heavy atom. The second kappa shape index (κ2) is 4.05. The van der Waals surface area contributed by atoms with Crippen LogP contribution in [0.3, 0.4) is 0 Å². The molecule has 2 aliphatic rings. The number of rotatable bonds is 1. The van der Waals surface area contributed by atoms with Gasteiger partial charge in [0.25, 0.3) is 0 Å². The van der Waals surface area contributed by atoms with Crippen LogP contribution in [0.2, 0.25) is 0 Å². The van der Waals surface area contributed by atoms with Crippen LogP contribution in [0.4, 0.5) is 0 Å². The van der Waals surface area contributed by atoms with Crippen LogP contribution >= 0.6 is 0 Å². The molecule has 4 rings (SSSR count). The Labute approximate surface area is 112 Å². The number of nitrogens with zero attached hydrogens (tertiary/aromatic N) is 2. The molecule has 0 bridgehead atoms. The molecule has 0 unspecified atom stereocenters. The highest BCUT2D eigenvalue weighted by Crippen LogP contribution is 2.39. The van der Waals surface area contributed by atoms with E-state index in [0.717, 1.165) is 48.7 Å². The van der Waals surface area contributed by atoms with Crippen molar-refractivity contribution in [3.63, 3.8) is 0 Å². The van der Waals surface area contributed by atoms with Crippen LogP contribution in [-0.2, 0) is 19.3 Å². The van der Waals surface area contributed by atoms with Crippen molar-refractivity contribution >= 4 is 0 Å². The first-order valence-corrected chi connectivity index (χ1v) is 6.94. The van der Waals surface area contributed by atoms with Crippen molar-refractivity contribution in [1.29, 1.82) is 0 Å². The fraction of sp³-hybridized carbons (Fsp3) is 0.375. The number of aromatic nitrogens is 2. The highest BCUT2D eigenvalue weighted by molar-refractivity contribution is 5.73. The highest BCUT2D eigenvalue weighted by atomic mass is 16.5. The third-order valence-electron chi connectivity index (χ3n) is 4.01. The Balaban J connectivity index is 1.97. The first-order chi connectivity index (χ1) is 9.33. The first kappa shape index (κ1) is 11.0. The highest BCUT2D eigenvalue weighted by Gasteiger charge is 2.24. The lowest BCUT2D eigenvalue weighted by Crippen LogP contribution is -2.01. The van der Waals surface area contributed by atoms with Crippen molar-refractivity contribution in [2.75, 3.05) is 6.61 Å². The van der Waals surface area contributed by atoms with Gasteiger partial charge in [0, 0.05) is 23.2 Å². The lowest BCUT2D eigenvalue weighted by Gasteiger charge is -2.12. The SMILES string of the molecule is Cc1nc2c(c(-c3cccc4c3OCC4)n1)CCC2. The number of hydrogen-bond acceptors (Lipinski definition) is 3. The third kappa shape index (κ3) is 1.65. The van der Waals surface area contributed by atoms with Gasteiger partial charge in [-0.2, -0.15) is 0 Å². The number of para-hydroxylation sites is 1. The van der Waals surface area contributed by atoms with Crippen LogP contribution in [0.1, 0.15) is 29.1 Å². The maximum absolute atomic E-state index is 5.82. The van der Waals surface area contributed by atoms with Gasteiger partial charge in [-0.3, -0.25) is 0 Å². The summed E-state index contributed by atoms with van der Waals surface area (Å²) < 4.78 is 5.82. The zero-order chi connectivity index (χ0) is 12.8. The number of ether oxygens (including phenoxy) is 1. The van der Waals surface area contributed by atoms with E-state index in [-0.39, 0.29) is 0 Å². The molecule has 0 atom stereocenters. The fourth-order valence-electron chi connectivity index (χ4n) is 3.18. The summed E-state index contributed by atoms with van der Waals surface area (Å²) in [6, 6.07) is 6.40. The van der Waals surface area contributed by atoms with Crippen LogP contribution in [-0.4, -0.2) is 16.6 Å². The van der Waals surface area contributed by atoms with Crippen molar-refractivity contribution in [1.82, 2.24) is 9.97 Å². The van der Waals surface area contributed by atoms with Crippen molar-refractivity contribution in [2.45, 2.75) is 32.6 Å². The summed E-state index contributed by atoms with van der Waals surface area (Å²) in [5.74, 6) is 1.90. The van der Waals surface area contributed by atoms with Crippen LogP contribution < -0.4 is 4.74 Å². The minimum atomic E-state index is 0.790. The molecule has 0 amide bonds. The molecule has 96 valence electrons. The summed E-state index contributed by atoms with van der Waals surface area (Å²) in [6.45, 7) is 2.77. The number of benzene rings is 1. The van der Waals surface area contributed by atoms with Gasteiger partial charge in [0.05, 0.1) is 12.3 Å². The zero-order valence-corrected chi connectivity index (χ0v) is 11.1. The normalized spacial score (nSPS) is 16.1. The van der Waals surface area contributed by atoms with Gasteiger partial charge in [-0.1, -0.05) is 12.1 Å². The Morgan fingerprint density at radius 3 is 3.00 bits per heavy atom. The molecule has 0 saturated heterocycles. The van der Waals surface area contributed by atoms with Crippen molar-refractivity contribution < 1.29 is 4.74 Å². The summed E-state index contributed by atoms with van der Waals surface area (Å²) in [7, 11) is 0. The zero-order valence-electron chi connectivity index (χ0n) is 11.1. The van der Waals surface area contributed by atoms with Gasteiger partial charge in [0.2, 0.25) is 0 Å². The third-order valence-corrected chi connectivity index (χ3v) is 4.01. The molecule has 19 heavy (non-hydrogen) atoms. The summed E-state index contributed by atoms with van der Waals surface area (Å²) in [5.41, 5.74) is 6.12. The van der Waals surface area contributed by atoms with Gasteiger partial charge in [-0.25, -0.2) is 9.97 Å². The Hall–Kier alpha value is -1.90. The number of aryl methyl sites for hydroxylation is 2. The van der Waals surface area contributed by atoms with Gasteiger partial charge in [-0.15, -0.1) is 0 Å². The topological polar surface area (TPSA) is 35.0 Å². The molecule has 0 radical (unpaired) electrons. The maximum atomic E-state index is 5.82. The molecular formula is C16H16N2O. The first-order valence-electron chi connectivity index (χ1n) is 6.94. The van der Waals surface area contributed by atoms with Crippen molar-refractivity contribution in [2.24, 2.45) is 0 Å². The molecule has 3 nitrogen and oxygen atoms in total. The minimum Gasteiger partial charge on any atom is -0.492 e. The van der Waals surface area contributed by atoms with Gasteiger partial charge >= 0.3 is 0 Å². The minimum absolute atomic E-state index is 0.790. The molecule has 1 aromatic carbocycles. The van der Waals surface area contributed by atoms with Crippen molar-refractivity contribution in [3.8, 4) is 17.0 Å². The van der Waals surface area contributed by atoms with Gasteiger partial charge in [0.15, 0.2) is 0 Å². The van der Waals surface area contributed by atoms with E-state index in [1.807, 2.05) is 6.92 Å². The molecule has 0 spiro atoms. The molecule has 2 heterocycles. The molecule has 1 aliphatic carbocycles.